The van der Waals surface area contributed by atoms with Crippen LogP contribution in [0.4, 0.5) is 0 Å². The van der Waals surface area contributed by atoms with Crippen molar-refractivity contribution in [1.82, 2.24) is 5.32 Å². The maximum atomic E-state index is 11.3. The fourth-order valence-electron chi connectivity index (χ4n) is 2.57. The summed E-state index contributed by atoms with van der Waals surface area (Å²) in [6.07, 6.45) is 6.10. The van der Waals surface area contributed by atoms with Gasteiger partial charge in [0, 0.05) is 17.8 Å². The summed E-state index contributed by atoms with van der Waals surface area (Å²) in [6.45, 7) is 0.864. The van der Waals surface area contributed by atoms with Crippen LogP contribution in [0.2, 0.25) is 0 Å². The topological polar surface area (TPSA) is 38.3 Å². The molecule has 0 amide bonds. The van der Waals surface area contributed by atoms with Crippen LogP contribution in [0.3, 0.4) is 0 Å². The van der Waals surface area contributed by atoms with Gasteiger partial charge in [0.15, 0.2) is 0 Å². The van der Waals surface area contributed by atoms with Gasteiger partial charge in [-0.15, -0.1) is 0 Å². The van der Waals surface area contributed by atoms with Crippen LogP contribution in [0.25, 0.3) is 0 Å². The van der Waals surface area contributed by atoms with Crippen LogP contribution >= 0.6 is 11.8 Å². The Bertz CT molecular complexity index is 419. The van der Waals surface area contributed by atoms with Gasteiger partial charge in [-0.2, -0.15) is 11.8 Å². The van der Waals surface area contributed by atoms with Crippen LogP contribution in [0, 0.1) is 0 Å². The molecule has 0 aromatic heterocycles. The molecule has 0 spiro atoms. The first-order valence-corrected chi connectivity index (χ1v) is 7.97. The summed E-state index contributed by atoms with van der Waals surface area (Å²) in [7, 11) is 1.40. The maximum Gasteiger partial charge on any atom is 0.337 e. The summed E-state index contributed by atoms with van der Waals surface area (Å²) >= 11 is 1.96. The third-order valence-corrected chi connectivity index (χ3v) is 4.87. The van der Waals surface area contributed by atoms with Crippen molar-refractivity contribution in [2.45, 2.75) is 37.1 Å². The normalized spacial score (nSPS) is 22.4. The largest absolute Gasteiger partial charge is 0.465 e. The van der Waals surface area contributed by atoms with Crippen LogP contribution in [0.15, 0.2) is 24.3 Å². The Morgan fingerprint density at radius 3 is 2.74 bits per heavy atom. The van der Waals surface area contributed by atoms with E-state index in [0.717, 1.165) is 11.8 Å². The van der Waals surface area contributed by atoms with Crippen LogP contribution in [-0.2, 0) is 11.3 Å². The quantitative estimate of drug-likeness (QED) is 0.841. The molecule has 1 aliphatic rings. The van der Waals surface area contributed by atoms with E-state index in [-0.39, 0.29) is 5.97 Å². The molecule has 2 rings (SSSR count). The number of methoxy groups -OCH3 is 1. The second-order valence-electron chi connectivity index (χ2n) is 4.88. The Kier molecular flexibility index (Phi) is 5.28. The molecule has 0 saturated heterocycles. The first-order valence-electron chi connectivity index (χ1n) is 6.68. The molecule has 0 bridgehead atoms. The molecule has 4 heteroatoms. The van der Waals surface area contributed by atoms with Crippen molar-refractivity contribution in [3.63, 3.8) is 0 Å². The van der Waals surface area contributed by atoms with E-state index in [1.54, 1.807) is 0 Å². The molecule has 2 atom stereocenters. The highest BCUT2D eigenvalue weighted by Crippen LogP contribution is 2.28. The van der Waals surface area contributed by atoms with E-state index >= 15 is 0 Å². The van der Waals surface area contributed by atoms with Gasteiger partial charge in [-0.25, -0.2) is 4.79 Å². The number of hydrogen-bond donors (Lipinski definition) is 1. The number of rotatable bonds is 5. The molecular formula is C15H21NO2S. The average Bonchev–Trinajstić information content (AvgIpc) is 2.92. The molecule has 1 aliphatic carbocycles. The highest BCUT2D eigenvalue weighted by Gasteiger charge is 2.25. The van der Waals surface area contributed by atoms with Crippen molar-refractivity contribution >= 4 is 17.7 Å². The Hall–Kier alpha value is -1.00. The molecule has 0 heterocycles. The van der Waals surface area contributed by atoms with E-state index in [0.29, 0.717) is 11.6 Å². The smallest absolute Gasteiger partial charge is 0.337 e. The van der Waals surface area contributed by atoms with Crippen LogP contribution in [0.5, 0.6) is 0 Å². The Labute approximate surface area is 119 Å². The Morgan fingerprint density at radius 1 is 1.37 bits per heavy atom. The van der Waals surface area contributed by atoms with E-state index in [1.807, 2.05) is 36.0 Å². The maximum absolute atomic E-state index is 11.3. The molecular weight excluding hydrogens is 258 g/mol. The number of carbonyl (C=O) groups is 1. The van der Waals surface area contributed by atoms with Crippen LogP contribution < -0.4 is 5.32 Å². The van der Waals surface area contributed by atoms with Crippen molar-refractivity contribution in [2.75, 3.05) is 13.4 Å². The van der Waals surface area contributed by atoms with Crippen molar-refractivity contribution in [3.05, 3.63) is 35.4 Å². The third kappa shape index (κ3) is 3.74. The molecule has 0 aliphatic heterocycles. The zero-order valence-electron chi connectivity index (χ0n) is 11.5. The lowest BCUT2D eigenvalue weighted by Gasteiger charge is -2.19. The molecule has 104 valence electrons. The highest BCUT2D eigenvalue weighted by atomic mass is 32.2. The summed E-state index contributed by atoms with van der Waals surface area (Å²) < 4.78 is 4.69. The van der Waals surface area contributed by atoms with E-state index in [1.165, 1.54) is 31.9 Å². The standard InChI is InChI=1S/C15H21NO2S/c1-18-15(17)12-8-6-11(7-9-12)10-16-13-4-3-5-14(13)19-2/h6-9,13-14,16H,3-5,10H2,1-2H3. The van der Waals surface area contributed by atoms with Gasteiger partial charge in [-0.05, 0) is 36.8 Å². The van der Waals surface area contributed by atoms with Gasteiger partial charge in [0.05, 0.1) is 12.7 Å². The minimum atomic E-state index is -0.280. The predicted molar refractivity (Wildman–Crippen MR) is 79.6 cm³/mol. The van der Waals surface area contributed by atoms with Gasteiger partial charge >= 0.3 is 5.97 Å². The number of esters is 1. The number of nitrogens with one attached hydrogen (secondary N) is 1. The number of hydrogen-bond acceptors (Lipinski definition) is 4. The van der Waals surface area contributed by atoms with Gasteiger partial charge in [-0.3, -0.25) is 0 Å². The zero-order valence-corrected chi connectivity index (χ0v) is 12.3. The first-order chi connectivity index (χ1) is 9.24. The zero-order chi connectivity index (χ0) is 13.7. The fourth-order valence-corrected chi connectivity index (χ4v) is 3.53. The molecule has 0 radical (unpaired) electrons. The highest BCUT2D eigenvalue weighted by molar-refractivity contribution is 7.99. The van der Waals surface area contributed by atoms with E-state index in [9.17, 15) is 4.79 Å². The summed E-state index contributed by atoms with van der Waals surface area (Å²) in [5, 5.41) is 4.37. The van der Waals surface area contributed by atoms with Crippen molar-refractivity contribution in [1.29, 1.82) is 0 Å². The molecule has 2 unspecified atom stereocenters. The van der Waals surface area contributed by atoms with E-state index < -0.39 is 0 Å². The second kappa shape index (κ2) is 6.96. The lowest BCUT2D eigenvalue weighted by atomic mass is 10.1. The monoisotopic (exact) mass is 279 g/mol. The van der Waals surface area contributed by atoms with Crippen molar-refractivity contribution < 1.29 is 9.53 Å². The van der Waals surface area contributed by atoms with Gasteiger partial charge in [0.1, 0.15) is 0 Å². The average molecular weight is 279 g/mol. The fraction of sp³-hybridized carbons (Fsp3) is 0.533. The molecule has 19 heavy (non-hydrogen) atoms. The number of benzene rings is 1. The Balaban J connectivity index is 1.88. The lowest BCUT2D eigenvalue weighted by molar-refractivity contribution is 0.0600. The predicted octanol–water partition coefficient (Wildman–Crippen LogP) is 2.85. The molecule has 1 N–H and O–H groups in total. The molecule has 1 aromatic rings. The first kappa shape index (κ1) is 14.4. The van der Waals surface area contributed by atoms with Crippen molar-refractivity contribution in [3.8, 4) is 0 Å². The lowest BCUT2D eigenvalue weighted by Crippen LogP contribution is -2.33. The van der Waals surface area contributed by atoms with Gasteiger partial charge in [0.25, 0.3) is 0 Å². The van der Waals surface area contributed by atoms with Gasteiger partial charge < -0.3 is 10.1 Å². The van der Waals surface area contributed by atoms with E-state index in [4.69, 9.17) is 0 Å². The summed E-state index contributed by atoms with van der Waals surface area (Å²) in [5.41, 5.74) is 1.81. The summed E-state index contributed by atoms with van der Waals surface area (Å²) in [6, 6.07) is 8.24. The molecule has 3 nitrogen and oxygen atoms in total. The minimum absolute atomic E-state index is 0.280. The Morgan fingerprint density at radius 2 is 2.11 bits per heavy atom. The molecule has 1 fully saturated rings. The van der Waals surface area contributed by atoms with Gasteiger partial charge in [0.2, 0.25) is 0 Å². The summed E-state index contributed by atoms with van der Waals surface area (Å²) in [5.74, 6) is -0.280. The van der Waals surface area contributed by atoms with Gasteiger partial charge in [-0.1, -0.05) is 18.6 Å². The number of ether oxygens (including phenoxy) is 1. The number of carbonyl (C=O) groups excluding carboxylic acids is 1. The van der Waals surface area contributed by atoms with E-state index in [2.05, 4.69) is 16.3 Å². The van der Waals surface area contributed by atoms with Crippen molar-refractivity contribution in [2.24, 2.45) is 0 Å². The summed E-state index contributed by atoms with van der Waals surface area (Å²) in [4.78, 5) is 11.3. The number of thioether (sulfide) groups is 1. The molecule has 1 aromatic carbocycles. The van der Waals surface area contributed by atoms with Crippen LogP contribution in [0.1, 0.15) is 35.2 Å². The second-order valence-corrected chi connectivity index (χ2v) is 5.96. The third-order valence-electron chi connectivity index (χ3n) is 3.70. The molecule has 1 saturated carbocycles. The van der Waals surface area contributed by atoms with Crippen LogP contribution in [-0.4, -0.2) is 30.6 Å². The minimum Gasteiger partial charge on any atom is -0.465 e. The SMILES string of the molecule is COC(=O)c1ccc(CNC2CCCC2SC)cc1.